The quantitative estimate of drug-likeness (QED) is 0.476. The van der Waals surface area contributed by atoms with Gasteiger partial charge in [-0.3, -0.25) is 18.9 Å². The highest BCUT2D eigenvalue weighted by Gasteiger charge is 2.44. The van der Waals surface area contributed by atoms with E-state index in [9.17, 15) is 23.1 Å². The molecule has 1 aliphatic heterocycles. The predicted molar refractivity (Wildman–Crippen MR) is 125 cm³/mol. The molecule has 0 bridgehead atoms. The van der Waals surface area contributed by atoms with Crippen molar-refractivity contribution < 1.29 is 26.9 Å². The van der Waals surface area contributed by atoms with E-state index in [0.717, 1.165) is 12.5 Å². The molecule has 9 nitrogen and oxygen atoms in total. The molecular weight excluding hydrogens is 477 g/mol. The minimum atomic E-state index is -4.05. The largest absolute Gasteiger partial charge is 0.503 e. The zero-order valence-corrected chi connectivity index (χ0v) is 19.6. The highest BCUT2D eigenvalue weighted by atomic mass is 32.2. The molecule has 184 valence electrons. The van der Waals surface area contributed by atoms with Crippen molar-refractivity contribution in [2.24, 2.45) is 0 Å². The molecule has 3 atom stereocenters. The first-order valence-corrected chi connectivity index (χ1v) is 12.7. The van der Waals surface area contributed by atoms with Gasteiger partial charge in [0.2, 0.25) is 0 Å². The van der Waals surface area contributed by atoms with E-state index in [0.29, 0.717) is 18.4 Å². The predicted octanol–water partition coefficient (Wildman–Crippen LogP) is 2.40. The number of halogens is 1. The summed E-state index contributed by atoms with van der Waals surface area (Å²) in [5.74, 6) is -2.89. The van der Waals surface area contributed by atoms with Gasteiger partial charge in [-0.25, -0.2) is 4.39 Å². The van der Waals surface area contributed by atoms with Gasteiger partial charge in [0, 0.05) is 12.5 Å². The van der Waals surface area contributed by atoms with E-state index in [1.54, 1.807) is 42.5 Å². The van der Waals surface area contributed by atoms with Crippen molar-refractivity contribution in [2.75, 3.05) is 12.8 Å². The molecule has 1 saturated heterocycles. The average Bonchev–Trinajstić information content (AvgIpc) is 3.31. The fourth-order valence-corrected chi connectivity index (χ4v) is 5.18. The molecule has 2 N–H and O–H groups in total. The van der Waals surface area contributed by atoms with Crippen molar-refractivity contribution >= 4 is 16.0 Å². The molecule has 2 aromatic carbocycles. The first-order chi connectivity index (χ1) is 16.7. The summed E-state index contributed by atoms with van der Waals surface area (Å²) in [5.41, 5.74) is -0.676. The highest BCUT2D eigenvalue weighted by molar-refractivity contribution is 7.86. The van der Waals surface area contributed by atoms with Crippen LogP contribution in [0.25, 0.3) is 0 Å². The summed E-state index contributed by atoms with van der Waals surface area (Å²) in [6, 6.07) is 13.9. The Morgan fingerprint density at radius 3 is 2.57 bits per heavy atom. The Morgan fingerprint density at radius 2 is 1.89 bits per heavy atom. The van der Waals surface area contributed by atoms with Crippen LogP contribution in [0.3, 0.4) is 0 Å². The summed E-state index contributed by atoms with van der Waals surface area (Å²) in [6.45, 7) is 0.197. The van der Waals surface area contributed by atoms with E-state index in [1.165, 1.54) is 17.0 Å². The second-order valence-electron chi connectivity index (χ2n) is 8.33. The Kier molecular flexibility index (Phi) is 6.99. The van der Waals surface area contributed by atoms with Crippen LogP contribution < -0.4 is 5.43 Å². The molecule has 1 aromatic heterocycles. The summed E-state index contributed by atoms with van der Waals surface area (Å²) in [6.07, 6.45) is 1.49. The zero-order valence-electron chi connectivity index (χ0n) is 18.8. The molecule has 3 aromatic rings. The van der Waals surface area contributed by atoms with Gasteiger partial charge in [0.05, 0.1) is 18.5 Å². The van der Waals surface area contributed by atoms with Crippen LogP contribution in [0, 0.1) is 5.82 Å². The van der Waals surface area contributed by atoms with Gasteiger partial charge in [-0.15, -0.1) is 0 Å². The van der Waals surface area contributed by atoms with Gasteiger partial charge in [0.15, 0.2) is 11.4 Å². The maximum absolute atomic E-state index is 15.1. The second kappa shape index (κ2) is 9.96. The molecule has 0 spiro atoms. The van der Waals surface area contributed by atoms with Crippen LogP contribution in [-0.2, 0) is 14.3 Å². The van der Waals surface area contributed by atoms with Crippen molar-refractivity contribution in [3.8, 4) is 5.75 Å². The SMILES string of the molecule is CS(=O)(=O)OC(C(c1ccccc1)c1ccccc1F)C1CCCN1C(=O)c1n[nH]cc(O)c1=O. The molecule has 1 fully saturated rings. The maximum atomic E-state index is 15.1. The molecule has 1 amide bonds. The second-order valence-corrected chi connectivity index (χ2v) is 9.93. The topological polar surface area (TPSA) is 130 Å². The van der Waals surface area contributed by atoms with E-state index >= 15 is 4.39 Å². The molecule has 2 heterocycles. The summed E-state index contributed by atoms with van der Waals surface area (Å²) in [7, 11) is -4.05. The zero-order chi connectivity index (χ0) is 25.2. The lowest BCUT2D eigenvalue weighted by Crippen LogP contribution is -2.48. The van der Waals surface area contributed by atoms with Gasteiger partial charge in [-0.2, -0.15) is 13.5 Å². The number of aromatic hydroxyl groups is 1. The summed E-state index contributed by atoms with van der Waals surface area (Å²) >= 11 is 0. The van der Waals surface area contributed by atoms with Crippen LogP contribution in [0.1, 0.15) is 40.4 Å². The van der Waals surface area contributed by atoms with Crippen LogP contribution in [0.15, 0.2) is 65.6 Å². The molecule has 35 heavy (non-hydrogen) atoms. The third kappa shape index (κ3) is 5.25. The van der Waals surface area contributed by atoms with Crippen LogP contribution in [0.5, 0.6) is 5.75 Å². The van der Waals surface area contributed by atoms with Gasteiger partial charge in [-0.05, 0) is 30.0 Å². The van der Waals surface area contributed by atoms with E-state index in [4.69, 9.17) is 4.18 Å². The fraction of sp³-hybridized carbons (Fsp3) is 0.292. The number of nitrogens with zero attached hydrogens (tertiary/aromatic N) is 2. The summed E-state index contributed by atoms with van der Waals surface area (Å²) in [5, 5.41) is 15.8. The van der Waals surface area contributed by atoms with E-state index < -0.39 is 56.8 Å². The minimum Gasteiger partial charge on any atom is -0.503 e. The Morgan fingerprint density at radius 1 is 1.20 bits per heavy atom. The number of hydrogen-bond donors (Lipinski definition) is 2. The van der Waals surface area contributed by atoms with Crippen molar-refractivity contribution in [1.82, 2.24) is 15.1 Å². The van der Waals surface area contributed by atoms with E-state index in [2.05, 4.69) is 10.2 Å². The number of H-pyrrole nitrogens is 1. The normalized spacial score (nSPS) is 17.8. The van der Waals surface area contributed by atoms with Gasteiger partial charge in [0.25, 0.3) is 21.5 Å². The van der Waals surface area contributed by atoms with Gasteiger partial charge >= 0.3 is 0 Å². The van der Waals surface area contributed by atoms with Crippen molar-refractivity contribution in [1.29, 1.82) is 0 Å². The first-order valence-electron chi connectivity index (χ1n) is 10.9. The molecule has 0 radical (unpaired) electrons. The smallest absolute Gasteiger partial charge is 0.278 e. The standard InChI is InChI=1S/C24H24FN3O6S/c1-35(32,33)34-23(20(15-8-3-2-4-9-15)16-10-5-6-11-17(16)25)18-12-7-13-28(18)24(31)21-22(30)19(29)14-26-27-21/h2-6,8-11,14,18,20,23H,7,12-13H2,1H3,(H,26,30)(H,27,29). The molecule has 11 heteroatoms. The van der Waals surface area contributed by atoms with E-state index in [1.807, 2.05) is 0 Å². The molecular formula is C24H24FN3O6S. The Balaban J connectivity index is 1.84. The third-order valence-electron chi connectivity index (χ3n) is 5.98. The number of aromatic nitrogens is 2. The Labute approximate surface area is 201 Å². The summed E-state index contributed by atoms with van der Waals surface area (Å²) in [4.78, 5) is 27.0. The van der Waals surface area contributed by atoms with E-state index in [-0.39, 0.29) is 12.1 Å². The molecule has 1 aliphatic rings. The Hall–Kier alpha value is -3.57. The van der Waals surface area contributed by atoms with Crippen molar-refractivity contribution in [2.45, 2.75) is 30.9 Å². The van der Waals surface area contributed by atoms with Gasteiger partial charge < -0.3 is 10.0 Å². The number of amides is 1. The maximum Gasteiger partial charge on any atom is 0.278 e. The number of carbonyl (C=O) groups is 1. The van der Waals surface area contributed by atoms with Crippen molar-refractivity contribution in [3.05, 3.63) is 93.7 Å². The van der Waals surface area contributed by atoms with Crippen LogP contribution in [0.2, 0.25) is 0 Å². The lowest BCUT2D eigenvalue weighted by molar-refractivity contribution is 0.0526. The van der Waals surface area contributed by atoms with Gasteiger partial charge in [0.1, 0.15) is 11.9 Å². The van der Waals surface area contributed by atoms with Crippen molar-refractivity contribution in [3.63, 3.8) is 0 Å². The summed E-state index contributed by atoms with van der Waals surface area (Å²) < 4.78 is 45.4. The van der Waals surface area contributed by atoms with Crippen LogP contribution >= 0.6 is 0 Å². The monoisotopic (exact) mass is 501 g/mol. The average molecular weight is 502 g/mol. The first kappa shape index (κ1) is 24.6. The third-order valence-corrected chi connectivity index (χ3v) is 6.55. The number of carbonyl (C=O) groups excluding carboxylic acids is 1. The lowest BCUT2D eigenvalue weighted by Gasteiger charge is -2.36. The van der Waals surface area contributed by atoms with Crippen LogP contribution in [-0.4, -0.2) is 59.5 Å². The number of rotatable bonds is 7. The number of benzene rings is 2. The number of nitrogens with one attached hydrogen (secondary N) is 1. The minimum absolute atomic E-state index is 0.197. The number of likely N-dealkylation sites (tertiary alicyclic amines) is 1. The molecule has 3 unspecified atom stereocenters. The number of hydrogen-bond acceptors (Lipinski definition) is 7. The molecule has 4 rings (SSSR count). The lowest BCUT2D eigenvalue weighted by atomic mass is 9.82. The Bertz CT molecular complexity index is 1380. The molecule has 0 saturated carbocycles. The van der Waals surface area contributed by atoms with Crippen LogP contribution in [0.4, 0.5) is 4.39 Å². The molecule has 0 aliphatic carbocycles. The number of aromatic amines is 1. The fourth-order valence-electron chi connectivity index (χ4n) is 4.54. The highest BCUT2D eigenvalue weighted by Crippen LogP contribution is 2.38. The van der Waals surface area contributed by atoms with Gasteiger partial charge in [-0.1, -0.05) is 48.5 Å².